The van der Waals surface area contributed by atoms with E-state index in [1.54, 1.807) is 17.0 Å². The molecule has 4 aliphatic rings. The number of urea groups is 1. The van der Waals surface area contributed by atoms with Gasteiger partial charge in [-0.05, 0) is 50.7 Å². The summed E-state index contributed by atoms with van der Waals surface area (Å²) in [5.74, 6) is 0.199. The molecule has 1 N–H and O–H groups in total. The monoisotopic (exact) mass is 438 g/mol. The van der Waals surface area contributed by atoms with Gasteiger partial charge in [0.1, 0.15) is 5.54 Å². The summed E-state index contributed by atoms with van der Waals surface area (Å²) in [5, 5.41) is 2.96. The van der Waals surface area contributed by atoms with Gasteiger partial charge in [-0.25, -0.2) is 4.79 Å². The lowest BCUT2D eigenvalue weighted by atomic mass is 9.83. The highest BCUT2D eigenvalue weighted by atomic mass is 16.2. The van der Waals surface area contributed by atoms with Crippen molar-refractivity contribution in [2.24, 2.45) is 5.92 Å². The molecule has 0 aromatic heterocycles. The van der Waals surface area contributed by atoms with E-state index in [-0.39, 0.29) is 35.7 Å². The van der Waals surface area contributed by atoms with Gasteiger partial charge in [0.2, 0.25) is 5.91 Å². The molecule has 1 saturated carbocycles. The van der Waals surface area contributed by atoms with Crippen molar-refractivity contribution in [1.82, 2.24) is 20.0 Å². The van der Waals surface area contributed by atoms with Crippen molar-refractivity contribution in [2.45, 2.75) is 56.5 Å². The summed E-state index contributed by atoms with van der Waals surface area (Å²) in [6.07, 6.45) is 5.21. The lowest BCUT2D eigenvalue weighted by Crippen LogP contribution is -2.56. The van der Waals surface area contributed by atoms with Crippen LogP contribution in [0.25, 0.3) is 0 Å². The first-order chi connectivity index (χ1) is 15.5. The summed E-state index contributed by atoms with van der Waals surface area (Å²) in [6.45, 7) is 2.07. The van der Waals surface area contributed by atoms with Crippen molar-refractivity contribution in [1.29, 1.82) is 0 Å². The number of nitrogens with one attached hydrogen (secondary N) is 1. The number of benzene rings is 1. The van der Waals surface area contributed by atoms with Crippen LogP contribution >= 0.6 is 0 Å². The van der Waals surface area contributed by atoms with Crippen LogP contribution in [0, 0.1) is 5.92 Å². The van der Waals surface area contributed by atoms with Crippen LogP contribution in [-0.2, 0) is 9.59 Å². The molecule has 3 aliphatic heterocycles. The molecule has 170 valence electrons. The summed E-state index contributed by atoms with van der Waals surface area (Å²) in [5.41, 5.74) is -0.279. The molecule has 5 amide bonds. The second-order valence-corrected chi connectivity index (χ2v) is 9.53. The molecule has 3 heterocycles. The number of hydrogen-bond donors (Lipinski definition) is 1. The number of piperidine rings is 2. The average Bonchev–Trinajstić information content (AvgIpc) is 3.02. The SMILES string of the molecule is O=C(c1ccccc1)N1CCC2(CC1)NC(=O)N(C1CCN(C(=O)C3CCC3)CC1)C2=O. The first-order valence-corrected chi connectivity index (χ1v) is 11.8. The first-order valence-electron chi connectivity index (χ1n) is 11.8. The van der Waals surface area contributed by atoms with E-state index in [1.807, 2.05) is 23.1 Å². The number of carbonyl (C=O) groups is 4. The smallest absolute Gasteiger partial charge is 0.325 e. The number of nitrogens with zero attached hydrogens (tertiary/aromatic N) is 3. The van der Waals surface area contributed by atoms with Crippen LogP contribution in [0.5, 0.6) is 0 Å². The van der Waals surface area contributed by atoms with E-state index >= 15 is 0 Å². The zero-order chi connectivity index (χ0) is 22.3. The largest absolute Gasteiger partial charge is 0.342 e. The molecule has 0 bridgehead atoms. The molecule has 3 saturated heterocycles. The standard InChI is InChI=1S/C24H30N4O4/c29-20(18-7-4-8-18)26-13-9-19(10-14-26)28-22(31)24(25-23(28)32)11-15-27(16-12-24)21(30)17-5-2-1-3-6-17/h1-3,5-6,18-19H,4,7-16H2,(H,25,32). The van der Waals surface area contributed by atoms with Crippen LogP contribution in [0.1, 0.15) is 55.3 Å². The highest BCUT2D eigenvalue weighted by molar-refractivity contribution is 6.07. The quantitative estimate of drug-likeness (QED) is 0.731. The summed E-state index contributed by atoms with van der Waals surface area (Å²) in [7, 11) is 0. The molecule has 1 aromatic rings. The molecule has 0 radical (unpaired) electrons. The molecular weight excluding hydrogens is 408 g/mol. The second kappa shape index (κ2) is 8.22. The maximum atomic E-state index is 13.4. The third-order valence-electron chi connectivity index (χ3n) is 7.71. The van der Waals surface area contributed by atoms with Gasteiger partial charge in [-0.15, -0.1) is 0 Å². The van der Waals surface area contributed by atoms with Gasteiger partial charge in [0, 0.05) is 43.7 Å². The average molecular weight is 439 g/mol. The third kappa shape index (κ3) is 3.55. The van der Waals surface area contributed by atoms with Gasteiger partial charge in [-0.3, -0.25) is 19.3 Å². The van der Waals surface area contributed by atoms with Crippen LogP contribution in [0.15, 0.2) is 30.3 Å². The Labute approximate surface area is 187 Å². The minimum Gasteiger partial charge on any atom is -0.342 e. The van der Waals surface area contributed by atoms with E-state index < -0.39 is 5.54 Å². The Hall–Kier alpha value is -2.90. The Morgan fingerprint density at radius 1 is 0.875 bits per heavy atom. The maximum absolute atomic E-state index is 13.4. The Balaban J connectivity index is 1.19. The zero-order valence-corrected chi connectivity index (χ0v) is 18.3. The first kappa shape index (κ1) is 21.0. The van der Waals surface area contributed by atoms with Crippen molar-refractivity contribution in [2.75, 3.05) is 26.2 Å². The molecule has 8 nitrogen and oxygen atoms in total. The van der Waals surface area contributed by atoms with Crippen LogP contribution in [0.4, 0.5) is 4.79 Å². The van der Waals surface area contributed by atoms with Gasteiger partial charge in [-0.1, -0.05) is 24.6 Å². The molecule has 32 heavy (non-hydrogen) atoms. The predicted molar refractivity (Wildman–Crippen MR) is 117 cm³/mol. The summed E-state index contributed by atoms with van der Waals surface area (Å²) >= 11 is 0. The molecule has 1 aromatic carbocycles. The van der Waals surface area contributed by atoms with Crippen molar-refractivity contribution in [3.63, 3.8) is 0 Å². The van der Waals surface area contributed by atoms with E-state index in [4.69, 9.17) is 0 Å². The van der Waals surface area contributed by atoms with Gasteiger partial charge < -0.3 is 15.1 Å². The molecule has 8 heteroatoms. The van der Waals surface area contributed by atoms with Crippen LogP contribution in [0.3, 0.4) is 0 Å². The molecular formula is C24H30N4O4. The zero-order valence-electron chi connectivity index (χ0n) is 18.3. The summed E-state index contributed by atoms with van der Waals surface area (Å²) in [4.78, 5) is 56.5. The summed E-state index contributed by atoms with van der Waals surface area (Å²) < 4.78 is 0. The van der Waals surface area contributed by atoms with Crippen LogP contribution in [0.2, 0.25) is 0 Å². The van der Waals surface area contributed by atoms with Gasteiger partial charge in [0.25, 0.3) is 11.8 Å². The van der Waals surface area contributed by atoms with Gasteiger partial charge >= 0.3 is 6.03 Å². The van der Waals surface area contributed by atoms with E-state index in [0.29, 0.717) is 57.4 Å². The number of hydrogen-bond acceptors (Lipinski definition) is 4. The number of carbonyl (C=O) groups excluding carboxylic acids is 4. The van der Waals surface area contributed by atoms with Crippen molar-refractivity contribution in [3.8, 4) is 0 Å². The molecule has 0 atom stereocenters. The Kier molecular flexibility index (Phi) is 5.39. The topological polar surface area (TPSA) is 90.0 Å². The fourth-order valence-electron chi connectivity index (χ4n) is 5.42. The number of amides is 5. The summed E-state index contributed by atoms with van der Waals surface area (Å²) in [6, 6.07) is 8.62. The van der Waals surface area contributed by atoms with E-state index in [1.165, 1.54) is 4.90 Å². The van der Waals surface area contributed by atoms with E-state index in [0.717, 1.165) is 19.3 Å². The molecule has 4 fully saturated rings. The lowest BCUT2D eigenvalue weighted by molar-refractivity contribution is -0.140. The second-order valence-electron chi connectivity index (χ2n) is 9.53. The van der Waals surface area contributed by atoms with Gasteiger partial charge in [0.05, 0.1) is 0 Å². The highest BCUT2D eigenvalue weighted by Crippen LogP contribution is 2.34. The Morgan fingerprint density at radius 2 is 1.53 bits per heavy atom. The van der Waals surface area contributed by atoms with Crippen molar-refractivity contribution in [3.05, 3.63) is 35.9 Å². The molecule has 0 unspecified atom stereocenters. The Morgan fingerprint density at radius 3 is 2.12 bits per heavy atom. The number of rotatable bonds is 3. The fourth-order valence-corrected chi connectivity index (χ4v) is 5.42. The molecule has 5 rings (SSSR count). The van der Waals surface area contributed by atoms with E-state index in [2.05, 4.69) is 5.32 Å². The third-order valence-corrected chi connectivity index (χ3v) is 7.71. The molecule has 1 aliphatic carbocycles. The normalized spacial score (nSPS) is 23.9. The molecule has 1 spiro atoms. The van der Waals surface area contributed by atoms with Crippen LogP contribution in [-0.4, -0.2) is 76.2 Å². The van der Waals surface area contributed by atoms with Crippen LogP contribution < -0.4 is 5.32 Å². The highest BCUT2D eigenvalue weighted by Gasteiger charge is 2.54. The van der Waals surface area contributed by atoms with Gasteiger partial charge in [-0.2, -0.15) is 0 Å². The predicted octanol–water partition coefficient (Wildman–Crippen LogP) is 2.00. The fraction of sp³-hybridized carbons (Fsp3) is 0.583. The Bertz CT molecular complexity index is 913. The van der Waals surface area contributed by atoms with Crippen molar-refractivity contribution >= 4 is 23.8 Å². The maximum Gasteiger partial charge on any atom is 0.325 e. The minimum atomic E-state index is -0.913. The number of likely N-dealkylation sites (tertiary alicyclic amines) is 2. The van der Waals surface area contributed by atoms with E-state index in [9.17, 15) is 19.2 Å². The number of imide groups is 1. The van der Waals surface area contributed by atoms with Crippen molar-refractivity contribution < 1.29 is 19.2 Å². The minimum absolute atomic E-state index is 0.0439. The lowest BCUT2D eigenvalue weighted by Gasteiger charge is -2.40. The van der Waals surface area contributed by atoms with Gasteiger partial charge in [0.15, 0.2) is 0 Å².